The van der Waals surface area contributed by atoms with Crippen molar-refractivity contribution in [1.29, 1.82) is 0 Å². The molecule has 0 aliphatic rings. The van der Waals surface area contributed by atoms with E-state index >= 15 is 0 Å². The SMILES string of the molecule is CC(=O)Oc1cccc(C(=O)Nc2cccc(CNC(=O)CCCOc3ccc(C)cc3)c2)c1. The first-order chi connectivity index (χ1) is 16.4. The van der Waals surface area contributed by atoms with Crippen molar-refractivity contribution in [2.24, 2.45) is 0 Å². The van der Waals surface area contributed by atoms with Crippen LogP contribution < -0.4 is 20.1 Å². The molecule has 0 radical (unpaired) electrons. The molecule has 0 heterocycles. The molecule has 7 nitrogen and oxygen atoms in total. The van der Waals surface area contributed by atoms with E-state index in [2.05, 4.69) is 10.6 Å². The Morgan fingerprint density at radius 1 is 0.882 bits per heavy atom. The minimum absolute atomic E-state index is 0.0655. The zero-order valence-corrected chi connectivity index (χ0v) is 19.3. The summed E-state index contributed by atoms with van der Waals surface area (Å²) in [7, 11) is 0. The first-order valence-electron chi connectivity index (χ1n) is 11.0. The minimum Gasteiger partial charge on any atom is -0.494 e. The molecule has 0 saturated carbocycles. The van der Waals surface area contributed by atoms with E-state index in [0.29, 0.717) is 43.0 Å². The van der Waals surface area contributed by atoms with Gasteiger partial charge in [0.2, 0.25) is 5.91 Å². The molecule has 0 spiro atoms. The van der Waals surface area contributed by atoms with Gasteiger partial charge in [-0.05, 0) is 61.4 Å². The van der Waals surface area contributed by atoms with E-state index in [9.17, 15) is 14.4 Å². The first-order valence-corrected chi connectivity index (χ1v) is 11.0. The van der Waals surface area contributed by atoms with Crippen LogP contribution in [0, 0.1) is 6.92 Å². The summed E-state index contributed by atoms with van der Waals surface area (Å²) in [6.45, 7) is 4.14. The van der Waals surface area contributed by atoms with Crippen LogP contribution in [0.2, 0.25) is 0 Å². The van der Waals surface area contributed by atoms with Crippen LogP contribution in [0.4, 0.5) is 5.69 Å². The Morgan fingerprint density at radius 3 is 2.41 bits per heavy atom. The summed E-state index contributed by atoms with van der Waals surface area (Å²) >= 11 is 0. The van der Waals surface area contributed by atoms with E-state index in [1.165, 1.54) is 18.6 Å². The van der Waals surface area contributed by atoms with E-state index in [0.717, 1.165) is 11.3 Å². The van der Waals surface area contributed by atoms with Gasteiger partial charge in [0.15, 0.2) is 0 Å². The minimum atomic E-state index is -0.453. The number of aryl methyl sites for hydroxylation is 1. The van der Waals surface area contributed by atoms with E-state index in [1.807, 2.05) is 43.3 Å². The molecule has 0 aliphatic heterocycles. The Labute approximate surface area is 199 Å². The molecule has 0 unspecified atom stereocenters. The molecule has 0 saturated heterocycles. The van der Waals surface area contributed by atoms with Crippen molar-refractivity contribution in [2.45, 2.75) is 33.2 Å². The summed E-state index contributed by atoms with van der Waals surface area (Å²) in [5.41, 5.74) is 2.99. The number of hydrogen-bond donors (Lipinski definition) is 2. The largest absolute Gasteiger partial charge is 0.494 e. The van der Waals surface area contributed by atoms with Crippen molar-refractivity contribution in [3.63, 3.8) is 0 Å². The number of carbonyl (C=O) groups is 3. The number of anilines is 1. The van der Waals surface area contributed by atoms with Crippen molar-refractivity contribution in [1.82, 2.24) is 5.32 Å². The van der Waals surface area contributed by atoms with E-state index in [4.69, 9.17) is 9.47 Å². The van der Waals surface area contributed by atoms with Crippen LogP contribution in [0.1, 0.15) is 41.3 Å². The Kier molecular flexibility index (Phi) is 8.80. The molecular weight excluding hydrogens is 432 g/mol. The molecule has 7 heteroatoms. The Bertz CT molecular complexity index is 1140. The van der Waals surface area contributed by atoms with Crippen LogP contribution in [0.15, 0.2) is 72.8 Å². The van der Waals surface area contributed by atoms with Gasteiger partial charge in [0.05, 0.1) is 6.61 Å². The lowest BCUT2D eigenvalue weighted by atomic mass is 10.1. The Morgan fingerprint density at radius 2 is 1.65 bits per heavy atom. The highest BCUT2D eigenvalue weighted by atomic mass is 16.5. The van der Waals surface area contributed by atoms with Gasteiger partial charge in [0.1, 0.15) is 11.5 Å². The molecule has 2 amide bonds. The lowest BCUT2D eigenvalue weighted by Gasteiger charge is -2.10. The molecule has 3 aromatic rings. The average Bonchev–Trinajstić information content (AvgIpc) is 2.81. The molecule has 0 aliphatic carbocycles. The highest BCUT2D eigenvalue weighted by molar-refractivity contribution is 6.04. The van der Waals surface area contributed by atoms with Crippen molar-refractivity contribution < 1.29 is 23.9 Å². The summed E-state index contributed by atoms with van der Waals surface area (Å²) in [4.78, 5) is 35.8. The summed E-state index contributed by atoms with van der Waals surface area (Å²) in [5.74, 6) is 0.253. The van der Waals surface area contributed by atoms with E-state index in [-0.39, 0.29) is 11.8 Å². The first kappa shape index (κ1) is 24.5. The Hall–Kier alpha value is -4.13. The fraction of sp³-hybridized carbons (Fsp3) is 0.222. The predicted octanol–water partition coefficient (Wildman–Crippen LogP) is 4.65. The topological polar surface area (TPSA) is 93.7 Å². The second kappa shape index (κ2) is 12.2. The highest BCUT2D eigenvalue weighted by Crippen LogP contribution is 2.17. The summed E-state index contributed by atoms with van der Waals surface area (Å²) in [6.07, 6.45) is 0.975. The lowest BCUT2D eigenvalue weighted by Crippen LogP contribution is -2.23. The van der Waals surface area contributed by atoms with Crippen molar-refractivity contribution in [2.75, 3.05) is 11.9 Å². The number of ether oxygens (including phenoxy) is 2. The Balaban J connectivity index is 1.44. The molecule has 0 bridgehead atoms. The van der Waals surface area contributed by atoms with Crippen molar-refractivity contribution >= 4 is 23.5 Å². The number of amides is 2. The van der Waals surface area contributed by atoms with Gasteiger partial charge in [-0.3, -0.25) is 14.4 Å². The zero-order valence-electron chi connectivity index (χ0n) is 19.3. The van der Waals surface area contributed by atoms with Crippen molar-refractivity contribution in [3.8, 4) is 11.5 Å². The predicted molar refractivity (Wildman–Crippen MR) is 130 cm³/mol. The number of rotatable bonds is 10. The van der Waals surface area contributed by atoms with Gasteiger partial charge in [0.25, 0.3) is 5.91 Å². The fourth-order valence-corrected chi connectivity index (χ4v) is 3.18. The van der Waals surface area contributed by atoms with Crippen LogP contribution in [0.25, 0.3) is 0 Å². The quantitative estimate of drug-likeness (QED) is 0.261. The van der Waals surface area contributed by atoms with Gasteiger partial charge < -0.3 is 20.1 Å². The van der Waals surface area contributed by atoms with Gasteiger partial charge in [-0.15, -0.1) is 0 Å². The molecular formula is C27H28N2O5. The number of carbonyl (C=O) groups excluding carboxylic acids is 3. The molecule has 176 valence electrons. The van der Waals surface area contributed by atoms with Gasteiger partial charge >= 0.3 is 5.97 Å². The van der Waals surface area contributed by atoms with E-state index < -0.39 is 5.97 Å². The zero-order chi connectivity index (χ0) is 24.3. The third kappa shape index (κ3) is 8.09. The lowest BCUT2D eigenvalue weighted by molar-refractivity contribution is -0.131. The molecule has 2 N–H and O–H groups in total. The van der Waals surface area contributed by atoms with Crippen LogP contribution in [-0.2, 0) is 16.1 Å². The standard InChI is InChI=1S/C27H28N2O5/c1-19-11-13-24(14-12-19)33-15-5-10-26(31)28-18-21-6-3-8-23(16-21)29-27(32)22-7-4-9-25(17-22)34-20(2)30/h3-4,6-9,11-14,16-17H,5,10,15,18H2,1-2H3,(H,28,31)(H,29,32). The van der Waals surface area contributed by atoms with Crippen LogP contribution in [0.5, 0.6) is 11.5 Å². The summed E-state index contributed by atoms with van der Waals surface area (Å²) < 4.78 is 10.7. The van der Waals surface area contributed by atoms with Crippen molar-refractivity contribution in [3.05, 3.63) is 89.5 Å². The van der Waals surface area contributed by atoms with Crippen LogP contribution in [-0.4, -0.2) is 24.4 Å². The third-order valence-corrected chi connectivity index (χ3v) is 4.87. The molecule has 0 aromatic heterocycles. The molecule has 0 atom stereocenters. The maximum absolute atomic E-state index is 12.6. The maximum Gasteiger partial charge on any atom is 0.308 e. The number of esters is 1. The number of hydrogen-bond acceptors (Lipinski definition) is 5. The van der Waals surface area contributed by atoms with Gasteiger partial charge in [0, 0.05) is 31.1 Å². The summed E-state index contributed by atoms with van der Waals surface area (Å²) in [6, 6.07) is 21.4. The molecule has 34 heavy (non-hydrogen) atoms. The molecule has 0 fully saturated rings. The normalized spacial score (nSPS) is 10.3. The third-order valence-electron chi connectivity index (χ3n) is 4.87. The van der Waals surface area contributed by atoms with Crippen LogP contribution >= 0.6 is 0 Å². The monoisotopic (exact) mass is 460 g/mol. The smallest absolute Gasteiger partial charge is 0.308 e. The second-order valence-electron chi connectivity index (χ2n) is 7.82. The van der Waals surface area contributed by atoms with E-state index in [1.54, 1.807) is 30.3 Å². The number of nitrogens with one attached hydrogen (secondary N) is 2. The van der Waals surface area contributed by atoms with Gasteiger partial charge in [-0.2, -0.15) is 0 Å². The van der Waals surface area contributed by atoms with Gasteiger partial charge in [-0.25, -0.2) is 0 Å². The second-order valence-corrected chi connectivity index (χ2v) is 7.82. The van der Waals surface area contributed by atoms with Gasteiger partial charge in [-0.1, -0.05) is 35.9 Å². The maximum atomic E-state index is 12.6. The highest BCUT2D eigenvalue weighted by Gasteiger charge is 2.09. The molecule has 3 rings (SSSR count). The molecule has 3 aromatic carbocycles. The fourth-order valence-electron chi connectivity index (χ4n) is 3.18. The number of benzene rings is 3. The van der Waals surface area contributed by atoms with Crippen LogP contribution in [0.3, 0.4) is 0 Å². The summed E-state index contributed by atoms with van der Waals surface area (Å²) in [5, 5.41) is 5.71. The average molecular weight is 461 g/mol.